The highest BCUT2D eigenvalue weighted by atomic mass is 16.5. The van der Waals surface area contributed by atoms with E-state index < -0.39 is 0 Å². The smallest absolute Gasteiger partial charge is 0.272 e. The second-order valence-corrected chi connectivity index (χ2v) is 8.15. The molecular weight excluding hydrogens is 354 g/mol. The van der Waals surface area contributed by atoms with Crippen molar-refractivity contribution in [1.29, 1.82) is 0 Å². The van der Waals surface area contributed by atoms with Crippen LogP contribution in [0.15, 0.2) is 24.3 Å². The normalized spacial score (nSPS) is 23.8. The van der Waals surface area contributed by atoms with E-state index in [0.29, 0.717) is 31.9 Å². The molecule has 0 saturated carbocycles. The minimum Gasteiger partial charge on any atom is -0.381 e. The lowest BCUT2D eigenvalue weighted by atomic mass is 9.72. The molecule has 150 valence electrons. The Morgan fingerprint density at radius 3 is 2.79 bits per heavy atom. The Bertz CT molecular complexity index is 854. The molecule has 2 N–H and O–H groups in total. The molecule has 0 spiro atoms. The van der Waals surface area contributed by atoms with Gasteiger partial charge in [-0.3, -0.25) is 9.89 Å². The van der Waals surface area contributed by atoms with E-state index in [2.05, 4.69) is 46.7 Å². The Morgan fingerprint density at radius 2 is 2.04 bits per heavy atom. The highest BCUT2D eigenvalue weighted by molar-refractivity contribution is 5.94. The van der Waals surface area contributed by atoms with E-state index in [4.69, 9.17) is 9.47 Å². The van der Waals surface area contributed by atoms with Crippen LogP contribution in [0.2, 0.25) is 0 Å². The fourth-order valence-electron chi connectivity index (χ4n) is 4.67. The Morgan fingerprint density at radius 1 is 1.29 bits per heavy atom. The molecule has 2 atom stereocenters. The lowest BCUT2D eigenvalue weighted by Gasteiger charge is -2.39. The van der Waals surface area contributed by atoms with Crippen LogP contribution < -0.4 is 5.32 Å². The van der Waals surface area contributed by atoms with Crippen molar-refractivity contribution < 1.29 is 14.3 Å². The van der Waals surface area contributed by atoms with E-state index >= 15 is 0 Å². The van der Waals surface area contributed by atoms with Gasteiger partial charge in [-0.2, -0.15) is 5.10 Å². The maximum absolute atomic E-state index is 13.0. The van der Waals surface area contributed by atoms with Gasteiger partial charge in [0.15, 0.2) is 5.69 Å². The van der Waals surface area contributed by atoms with E-state index in [0.717, 1.165) is 24.1 Å². The van der Waals surface area contributed by atoms with Crippen LogP contribution in [0.4, 0.5) is 0 Å². The van der Waals surface area contributed by atoms with Gasteiger partial charge in [0.25, 0.3) is 5.91 Å². The van der Waals surface area contributed by atoms with Crippen molar-refractivity contribution in [3.8, 4) is 0 Å². The molecule has 1 amide bonds. The zero-order chi connectivity index (χ0) is 19.7. The van der Waals surface area contributed by atoms with Gasteiger partial charge in [0.1, 0.15) is 0 Å². The monoisotopic (exact) mass is 383 g/mol. The SMILES string of the molecule is Cc1ccccc1C1(CNC(=O)c2n[nH]c3c2C[C@@H](C)O[C@H]3C)CCOCC1. The van der Waals surface area contributed by atoms with Gasteiger partial charge >= 0.3 is 0 Å². The van der Waals surface area contributed by atoms with Crippen LogP contribution in [0.25, 0.3) is 0 Å². The molecule has 0 aliphatic carbocycles. The molecular formula is C22H29N3O3. The van der Waals surface area contributed by atoms with Crippen molar-refractivity contribution in [3.05, 3.63) is 52.3 Å². The van der Waals surface area contributed by atoms with E-state index in [1.165, 1.54) is 11.1 Å². The number of carbonyl (C=O) groups is 1. The number of amides is 1. The summed E-state index contributed by atoms with van der Waals surface area (Å²) in [4.78, 5) is 13.0. The number of hydrogen-bond donors (Lipinski definition) is 2. The van der Waals surface area contributed by atoms with Gasteiger partial charge in [0.2, 0.25) is 0 Å². The van der Waals surface area contributed by atoms with Gasteiger partial charge in [0.05, 0.1) is 17.9 Å². The zero-order valence-corrected chi connectivity index (χ0v) is 16.9. The summed E-state index contributed by atoms with van der Waals surface area (Å²) in [5.41, 5.74) is 4.88. The number of nitrogens with one attached hydrogen (secondary N) is 2. The first-order valence-electron chi connectivity index (χ1n) is 10.1. The van der Waals surface area contributed by atoms with Crippen LogP contribution in [-0.2, 0) is 21.3 Å². The van der Waals surface area contributed by atoms with Crippen LogP contribution in [0.5, 0.6) is 0 Å². The molecule has 0 unspecified atom stereocenters. The summed E-state index contributed by atoms with van der Waals surface area (Å²) in [6.45, 7) is 8.18. The summed E-state index contributed by atoms with van der Waals surface area (Å²) >= 11 is 0. The largest absolute Gasteiger partial charge is 0.381 e. The van der Waals surface area contributed by atoms with Crippen molar-refractivity contribution in [2.75, 3.05) is 19.8 Å². The Balaban J connectivity index is 1.56. The molecule has 0 radical (unpaired) electrons. The fourth-order valence-corrected chi connectivity index (χ4v) is 4.67. The van der Waals surface area contributed by atoms with Crippen LogP contribution in [-0.4, -0.2) is 42.0 Å². The summed E-state index contributed by atoms with van der Waals surface area (Å²) < 4.78 is 11.5. The molecule has 2 aromatic rings. The van der Waals surface area contributed by atoms with Crippen LogP contribution in [0, 0.1) is 6.92 Å². The summed E-state index contributed by atoms with van der Waals surface area (Å²) in [7, 11) is 0. The first-order valence-corrected chi connectivity index (χ1v) is 10.1. The van der Waals surface area contributed by atoms with Gasteiger partial charge in [-0.1, -0.05) is 24.3 Å². The number of fused-ring (bicyclic) bond motifs is 1. The summed E-state index contributed by atoms with van der Waals surface area (Å²) in [6, 6.07) is 8.46. The predicted molar refractivity (Wildman–Crippen MR) is 106 cm³/mol. The number of H-pyrrole nitrogens is 1. The molecule has 1 aromatic carbocycles. The van der Waals surface area contributed by atoms with Crippen LogP contribution >= 0.6 is 0 Å². The summed E-state index contributed by atoms with van der Waals surface area (Å²) in [5, 5.41) is 10.5. The molecule has 4 rings (SSSR count). The highest BCUT2D eigenvalue weighted by Crippen LogP contribution is 2.36. The molecule has 1 saturated heterocycles. The molecule has 1 aromatic heterocycles. The van der Waals surface area contributed by atoms with Gasteiger partial charge in [0, 0.05) is 37.2 Å². The minimum absolute atomic E-state index is 0.0680. The Labute approximate surface area is 166 Å². The Hall–Kier alpha value is -2.18. The van der Waals surface area contributed by atoms with Gasteiger partial charge in [-0.15, -0.1) is 0 Å². The third kappa shape index (κ3) is 3.47. The third-order valence-corrected chi connectivity index (χ3v) is 6.20. The van der Waals surface area contributed by atoms with Crippen LogP contribution in [0.3, 0.4) is 0 Å². The number of hydrogen-bond acceptors (Lipinski definition) is 4. The number of benzene rings is 1. The maximum Gasteiger partial charge on any atom is 0.272 e. The minimum atomic E-state index is -0.113. The van der Waals surface area contributed by atoms with Crippen molar-refractivity contribution in [2.24, 2.45) is 0 Å². The van der Waals surface area contributed by atoms with Gasteiger partial charge in [-0.05, 0) is 44.7 Å². The molecule has 6 nitrogen and oxygen atoms in total. The summed E-state index contributed by atoms with van der Waals surface area (Å²) in [6.07, 6.45) is 2.52. The maximum atomic E-state index is 13.0. The second-order valence-electron chi connectivity index (χ2n) is 8.15. The van der Waals surface area contributed by atoms with Crippen molar-refractivity contribution in [1.82, 2.24) is 15.5 Å². The molecule has 28 heavy (non-hydrogen) atoms. The predicted octanol–water partition coefficient (Wildman–Crippen LogP) is 3.22. The topological polar surface area (TPSA) is 76.2 Å². The average Bonchev–Trinajstić information content (AvgIpc) is 3.11. The van der Waals surface area contributed by atoms with Crippen molar-refractivity contribution in [2.45, 2.75) is 57.7 Å². The van der Waals surface area contributed by atoms with E-state index in [1.54, 1.807) is 0 Å². The first kappa shape index (κ1) is 19.2. The molecule has 0 bridgehead atoms. The lowest BCUT2D eigenvalue weighted by molar-refractivity contribution is -0.00698. The standard InChI is InChI=1S/C22H29N3O3/c1-14-6-4-5-7-18(14)22(8-10-27-11-9-22)13-23-21(26)20-17-12-15(2)28-16(3)19(17)24-25-20/h4-7,15-16H,8-13H2,1-3H3,(H,23,26)(H,24,25)/t15-,16+/m1/s1. The van der Waals surface area contributed by atoms with E-state index in [-0.39, 0.29) is 23.5 Å². The summed E-state index contributed by atoms with van der Waals surface area (Å²) in [5.74, 6) is -0.113. The number of ether oxygens (including phenoxy) is 2. The third-order valence-electron chi connectivity index (χ3n) is 6.20. The van der Waals surface area contributed by atoms with Crippen molar-refractivity contribution >= 4 is 5.91 Å². The molecule has 2 aliphatic rings. The fraction of sp³-hybridized carbons (Fsp3) is 0.545. The Kier molecular flexibility index (Phi) is 5.25. The lowest BCUT2D eigenvalue weighted by Crippen LogP contribution is -2.45. The number of aromatic nitrogens is 2. The molecule has 2 aliphatic heterocycles. The molecule has 6 heteroatoms. The van der Waals surface area contributed by atoms with Crippen molar-refractivity contribution in [3.63, 3.8) is 0 Å². The number of aromatic amines is 1. The molecule has 3 heterocycles. The molecule has 1 fully saturated rings. The van der Waals surface area contributed by atoms with E-state index in [9.17, 15) is 4.79 Å². The zero-order valence-electron chi connectivity index (χ0n) is 16.9. The number of aryl methyl sites for hydroxylation is 1. The second kappa shape index (κ2) is 7.68. The van der Waals surface area contributed by atoms with E-state index in [1.807, 2.05) is 13.8 Å². The quantitative estimate of drug-likeness (QED) is 0.850. The number of rotatable bonds is 4. The van der Waals surface area contributed by atoms with Gasteiger partial charge in [-0.25, -0.2) is 0 Å². The highest BCUT2D eigenvalue weighted by Gasteiger charge is 2.37. The van der Waals surface area contributed by atoms with Crippen LogP contribution in [0.1, 0.15) is 65.7 Å². The average molecular weight is 383 g/mol. The van der Waals surface area contributed by atoms with Gasteiger partial charge < -0.3 is 14.8 Å². The number of carbonyl (C=O) groups excluding carboxylic acids is 1. The first-order chi connectivity index (χ1) is 13.5. The number of nitrogens with zero attached hydrogens (tertiary/aromatic N) is 1.